The zero-order chi connectivity index (χ0) is 20.6. The Kier molecular flexibility index (Phi) is 7.19. The summed E-state index contributed by atoms with van der Waals surface area (Å²) in [6, 6.07) is 12.1. The fraction of sp³-hybridized carbons (Fsp3) is 0.273. The van der Waals surface area contributed by atoms with E-state index in [2.05, 4.69) is 58.3 Å². The Balaban J connectivity index is 1.63. The van der Waals surface area contributed by atoms with Gasteiger partial charge in [0, 0.05) is 24.5 Å². The van der Waals surface area contributed by atoms with Gasteiger partial charge in [0.2, 0.25) is 5.91 Å². The van der Waals surface area contributed by atoms with Gasteiger partial charge in [0.1, 0.15) is 0 Å². The number of benzene rings is 1. The molecule has 7 heteroatoms. The SMILES string of the molecule is C=CCn1c(SCC(=O)N[C@H](C)c2ccc(CC)cc2)nnc1-c1cccnc1. The zero-order valence-electron chi connectivity index (χ0n) is 16.7. The molecule has 0 bridgehead atoms. The van der Waals surface area contributed by atoms with E-state index in [1.54, 1.807) is 18.5 Å². The minimum atomic E-state index is -0.0500. The van der Waals surface area contributed by atoms with Crippen molar-refractivity contribution < 1.29 is 4.79 Å². The molecule has 0 spiro atoms. The van der Waals surface area contributed by atoms with Gasteiger partial charge in [-0.05, 0) is 36.6 Å². The lowest BCUT2D eigenvalue weighted by Gasteiger charge is -2.15. The monoisotopic (exact) mass is 407 g/mol. The molecule has 0 aliphatic carbocycles. The van der Waals surface area contributed by atoms with Crippen molar-refractivity contribution in [1.29, 1.82) is 0 Å². The molecule has 0 aliphatic heterocycles. The molecule has 0 radical (unpaired) electrons. The lowest BCUT2D eigenvalue weighted by molar-refractivity contribution is -0.119. The second kappa shape index (κ2) is 10.0. The predicted octanol–water partition coefficient (Wildman–Crippen LogP) is 4.06. The number of pyridine rings is 1. The van der Waals surface area contributed by atoms with Crippen LogP contribution in [0.1, 0.15) is 31.0 Å². The fourth-order valence-corrected chi connectivity index (χ4v) is 3.70. The molecule has 6 nitrogen and oxygen atoms in total. The summed E-state index contributed by atoms with van der Waals surface area (Å²) in [5.41, 5.74) is 3.25. The van der Waals surface area contributed by atoms with E-state index in [0.717, 1.165) is 17.5 Å². The van der Waals surface area contributed by atoms with Gasteiger partial charge >= 0.3 is 0 Å². The molecule has 0 unspecified atom stereocenters. The quantitative estimate of drug-likeness (QED) is 0.428. The number of hydrogen-bond acceptors (Lipinski definition) is 5. The molecule has 29 heavy (non-hydrogen) atoms. The Morgan fingerprint density at radius 3 is 2.72 bits per heavy atom. The molecular formula is C22H25N5OS. The van der Waals surface area contributed by atoms with E-state index in [-0.39, 0.29) is 17.7 Å². The molecule has 1 N–H and O–H groups in total. The normalized spacial score (nSPS) is 11.8. The molecule has 3 aromatic rings. The molecule has 0 saturated heterocycles. The number of aromatic nitrogens is 4. The van der Waals surface area contributed by atoms with Gasteiger partial charge in [-0.2, -0.15) is 0 Å². The second-order valence-electron chi connectivity index (χ2n) is 6.62. The summed E-state index contributed by atoms with van der Waals surface area (Å²) in [6.07, 6.45) is 6.25. The highest BCUT2D eigenvalue weighted by atomic mass is 32.2. The average molecular weight is 408 g/mol. The fourth-order valence-electron chi connectivity index (χ4n) is 2.94. The summed E-state index contributed by atoms with van der Waals surface area (Å²) in [4.78, 5) is 16.6. The van der Waals surface area contributed by atoms with Crippen LogP contribution in [-0.4, -0.2) is 31.4 Å². The van der Waals surface area contributed by atoms with Crippen LogP contribution in [0.15, 0.2) is 66.6 Å². The summed E-state index contributed by atoms with van der Waals surface area (Å²) >= 11 is 1.36. The molecule has 2 aromatic heterocycles. The van der Waals surface area contributed by atoms with Crippen LogP contribution in [0.25, 0.3) is 11.4 Å². The summed E-state index contributed by atoms with van der Waals surface area (Å²) in [5, 5.41) is 12.3. The van der Waals surface area contributed by atoms with Crippen molar-refractivity contribution in [3.8, 4) is 11.4 Å². The van der Waals surface area contributed by atoms with Crippen LogP contribution in [0.4, 0.5) is 0 Å². The first-order valence-electron chi connectivity index (χ1n) is 9.57. The van der Waals surface area contributed by atoms with Crippen molar-refractivity contribution in [3.63, 3.8) is 0 Å². The topological polar surface area (TPSA) is 72.7 Å². The van der Waals surface area contributed by atoms with E-state index in [0.29, 0.717) is 17.5 Å². The Bertz CT molecular complexity index is 953. The number of nitrogens with zero attached hydrogens (tertiary/aromatic N) is 4. The number of carbonyl (C=O) groups excluding carboxylic acids is 1. The van der Waals surface area contributed by atoms with E-state index in [1.807, 2.05) is 23.6 Å². The zero-order valence-corrected chi connectivity index (χ0v) is 17.5. The molecular weight excluding hydrogens is 382 g/mol. The molecule has 1 atom stereocenters. The summed E-state index contributed by atoms with van der Waals surface area (Å²) in [5.74, 6) is 0.933. The van der Waals surface area contributed by atoms with Gasteiger partial charge in [0.05, 0.1) is 11.8 Å². The first-order chi connectivity index (χ1) is 14.1. The van der Waals surface area contributed by atoms with Gasteiger partial charge in [0.15, 0.2) is 11.0 Å². The lowest BCUT2D eigenvalue weighted by atomic mass is 10.1. The molecule has 150 valence electrons. The van der Waals surface area contributed by atoms with E-state index in [4.69, 9.17) is 0 Å². The minimum absolute atomic E-state index is 0.0434. The van der Waals surface area contributed by atoms with Crippen LogP contribution in [0, 0.1) is 0 Å². The van der Waals surface area contributed by atoms with Crippen LogP contribution < -0.4 is 5.32 Å². The molecule has 2 heterocycles. The van der Waals surface area contributed by atoms with E-state index in [1.165, 1.54) is 17.3 Å². The van der Waals surface area contributed by atoms with Crippen LogP contribution in [0.2, 0.25) is 0 Å². The van der Waals surface area contributed by atoms with Crippen molar-refractivity contribution in [1.82, 2.24) is 25.1 Å². The van der Waals surface area contributed by atoms with Crippen LogP contribution >= 0.6 is 11.8 Å². The number of aryl methyl sites for hydroxylation is 1. The Labute approximate surface area is 175 Å². The molecule has 0 saturated carbocycles. The highest BCUT2D eigenvalue weighted by molar-refractivity contribution is 7.99. The van der Waals surface area contributed by atoms with Crippen molar-refractivity contribution >= 4 is 17.7 Å². The summed E-state index contributed by atoms with van der Waals surface area (Å²) < 4.78 is 1.94. The van der Waals surface area contributed by atoms with E-state index in [9.17, 15) is 4.79 Å². The maximum atomic E-state index is 12.4. The number of thioether (sulfide) groups is 1. The number of nitrogens with one attached hydrogen (secondary N) is 1. The van der Waals surface area contributed by atoms with Crippen LogP contribution in [0.5, 0.6) is 0 Å². The number of allylic oxidation sites excluding steroid dienone is 1. The van der Waals surface area contributed by atoms with Crippen molar-refractivity contribution in [2.75, 3.05) is 5.75 Å². The first kappa shape index (κ1) is 20.8. The van der Waals surface area contributed by atoms with Gasteiger partial charge in [0.25, 0.3) is 0 Å². The average Bonchev–Trinajstić information content (AvgIpc) is 3.16. The smallest absolute Gasteiger partial charge is 0.230 e. The first-order valence-corrected chi connectivity index (χ1v) is 10.6. The largest absolute Gasteiger partial charge is 0.349 e. The molecule has 1 aromatic carbocycles. The van der Waals surface area contributed by atoms with Gasteiger partial charge in [-0.15, -0.1) is 16.8 Å². The van der Waals surface area contributed by atoms with Gasteiger partial charge in [-0.1, -0.05) is 49.0 Å². The van der Waals surface area contributed by atoms with Crippen LogP contribution in [-0.2, 0) is 17.8 Å². The third kappa shape index (κ3) is 5.32. The number of hydrogen-bond donors (Lipinski definition) is 1. The maximum Gasteiger partial charge on any atom is 0.230 e. The second-order valence-corrected chi connectivity index (χ2v) is 7.56. The number of carbonyl (C=O) groups is 1. The van der Waals surface area contributed by atoms with Gasteiger partial charge in [-0.25, -0.2) is 0 Å². The molecule has 3 rings (SSSR count). The molecule has 0 aliphatic rings. The predicted molar refractivity (Wildman–Crippen MR) is 117 cm³/mol. The molecule has 1 amide bonds. The lowest BCUT2D eigenvalue weighted by Crippen LogP contribution is -2.28. The number of rotatable bonds is 9. The minimum Gasteiger partial charge on any atom is -0.349 e. The van der Waals surface area contributed by atoms with Crippen molar-refractivity contribution in [3.05, 3.63) is 72.6 Å². The Hall–Kier alpha value is -2.93. The standard InChI is InChI=1S/C22H25N5OS/c1-4-13-27-21(19-7-6-12-23-14-19)25-26-22(27)29-15-20(28)24-16(3)18-10-8-17(5-2)9-11-18/h4,6-12,14,16H,1,5,13,15H2,2-3H3,(H,24,28)/t16-/m1/s1. The maximum absolute atomic E-state index is 12.4. The Morgan fingerprint density at radius 1 is 1.28 bits per heavy atom. The van der Waals surface area contributed by atoms with Crippen LogP contribution in [0.3, 0.4) is 0 Å². The van der Waals surface area contributed by atoms with Gasteiger partial charge < -0.3 is 5.32 Å². The summed E-state index contributed by atoms with van der Waals surface area (Å²) in [6.45, 7) is 8.49. The van der Waals surface area contributed by atoms with Gasteiger partial charge in [-0.3, -0.25) is 14.3 Å². The third-order valence-electron chi connectivity index (χ3n) is 4.55. The highest BCUT2D eigenvalue weighted by Gasteiger charge is 2.16. The third-order valence-corrected chi connectivity index (χ3v) is 5.51. The van der Waals surface area contributed by atoms with E-state index >= 15 is 0 Å². The molecule has 0 fully saturated rings. The highest BCUT2D eigenvalue weighted by Crippen LogP contribution is 2.23. The van der Waals surface area contributed by atoms with Crippen molar-refractivity contribution in [2.45, 2.75) is 38.0 Å². The van der Waals surface area contributed by atoms with E-state index < -0.39 is 0 Å². The van der Waals surface area contributed by atoms with Crippen molar-refractivity contribution in [2.24, 2.45) is 0 Å². The summed E-state index contributed by atoms with van der Waals surface area (Å²) in [7, 11) is 0. The Morgan fingerprint density at radius 2 is 2.07 bits per heavy atom. The number of amides is 1.